The Morgan fingerprint density at radius 3 is 2.45 bits per heavy atom. The molecule has 0 fully saturated rings. The van der Waals surface area contributed by atoms with Crippen LogP contribution < -0.4 is 19.5 Å². The van der Waals surface area contributed by atoms with E-state index in [2.05, 4.69) is 27.7 Å². The summed E-state index contributed by atoms with van der Waals surface area (Å²) in [5.74, 6) is 2.15. The maximum atomic E-state index is 12.9. The number of carbonyl (C=O) groups is 1. The van der Waals surface area contributed by atoms with Crippen molar-refractivity contribution < 1.29 is 19.0 Å². The lowest BCUT2D eigenvalue weighted by molar-refractivity contribution is -0.117. The number of ether oxygens (including phenoxy) is 3. The standard InChI is InChI=1S/C24H26N2O4S/c1-28-18-8-6-17(7-9-18)25-23(27)15-26-11-10-16-13-20(29-2)21(30-3)14-19(16)24(26)22-5-4-12-31-22/h4-9,12-14,24H,10-11,15H2,1-3H3,(H,25,27)/t24-/m1/s1. The lowest BCUT2D eigenvalue weighted by Crippen LogP contribution is -2.40. The molecule has 2 aromatic carbocycles. The molecule has 1 aliphatic rings. The Balaban J connectivity index is 1.59. The number of hydrogen-bond donors (Lipinski definition) is 1. The van der Waals surface area contributed by atoms with E-state index in [0.29, 0.717) is 12.3 Å². The molecule has 1 N–H and O–H groups in total. The van der Waals surface area contributed by atoms with Crippen molar-refractivity contribution in [1.29, 1.82) is 0 Å². The van der Waals surface area contributed by atoms with Crippen molar-refractivity contribution in [2.24, 2.45) is 0 Å². The van der Waals surface area contributed by atoms with Crippen molar-refractivity contribution in [3.63, 3.8) is 0 Å². The largest absolute Gasteiger partial charge is 0.497 e. The first-order valence-corrected chi connectivity index (χ1v) is 11.0. The highest BCUT2D eigenvalue weighted by atomic mass is 32.1. The van der Waals surface area contributed by atoms with Crippen molar-refractivity contribution in [3.8, 4) is 17.2 Å². The van der Waals surface area contributed by atoms with Crippen molar-refractivity contribution in [2.75, 3.05) is 39.7 Å². The Bertz CT molecular complexity index is 1030. The van der Waals surface area contributed by atoms with Crippen LogP contribution in [-0.4, -0.2) is 45.2 Å². The molecule has 0 bridgehead atoms. The molecule has 0 radical (unpaired) electrons. The van der Waals surface area contributed by atoms with Gasteiger partial charge in [-0.1, -0.05) is 6.07 Å². The highest BCUT2D eigenvalue weighted by Gasteiger charge is 2.32. The number of benzene rings is 2. The first-order chi connectivity index (χ1) is 15.1. The van der Waals surface area contributed by atoms with E-state index in [4.69, 9.17) is 14.2 Å². The molecule has 1 amide bonds. The third-order valence-corrected chi connectivity index (χ3v) is 6.43. The highest BCUT2D eigenvalue weighted by molar-refractivity contribution is 7.10. The van der Waals surface area contributed by atoms with Gasteiger partial charge < -0.3 is 19.5 Å². The van der Waals surface area contributed by atoms with Gasteiger partial charge in [-0.2, -0.15) is 0 Å². The van der Waals surface area contributed by atoms with Crippen LogP contribution >= 0.6 is 11.3 Å². The van der Waals surface area contributed by atoms with E-state index >= 15 is 0 Å². The number of carbonyl (C=O) groups excluding carboxylic acids is 1. The summed E-state index contributed by atoms with van der Waals surface area (Å²) in [5.41, 5.74) is 3.13. The second kappa shape index (κ2) is 9.41. The Labute approximate surface area is 186 Å². The first-order valence-electron chi connectivity index (χ1n) is 10.1. The second-order valence-electron chi connectivity index (χ2n) is 7.32. The quantitative estimate of drug-likeness (QED) is 0.594. The molecule has 0 saturated heterocycles. The predicted octanol–water partition coefficient (Wildman–Crippen LogP) is 4.36. The molecule has 4 rings (SSSR count). The molecule has 0 saturated carbocycles. The van der Waals surface area contributed by atoms with Gasteiger partial charge in [0.2, 0.25) is 5.91 Å². The molecular formula is C24H26N2O4S. The maximum absolute atomic E-state index is 12.9. The number of fused-ring (bicyclic) bond motifs is 1. The average Bonchev–Trinajstić information content (AvgIpc) is 3.32. The van der Waals surface area contributed by atoms with E-state index < -0.39 is 0 Å². The van der Waals surface area contributed by atoms with Gasteiger partial charge in [-0.25, -0.2) is 0 Å². The fourth-order valence-electron chi connectivity index (χ4n) is 4.01. The van der Waals surface area contributed by atoms with Gasteiger partial charge in [-0.3, -0.25) is 9.69 Å². The number of nitrogens with one attached hydrogen (secondary N) is 1. The molecular weight excluding hydrogens is 412 g/mol. The van der Waals surface area contributed by atoms with Crippen molar-refractivity contribution in [1.82, 2.24) is 4.90 Å². The monoisotopic (exact) mass is 438 g/mol. The van der Waals surface area contributed by atoms with E-state index in [1.165, 1.54) is 10.4 Å². The summed E-state index contributed by atoms with van der Waals surface area (Å²) in [4.78, 5) is 16.3. The van der Waals surface area contributed by atoms with Crippen LogP contribution in [0.4, 0.5) is 5.69 Å². The summed E-state index contributed by atoms with van der Waals surface area (Å²) < 4.78 is 16.2. The number of anilines is 1. The Hall–Kier alpha value is -3.03. The predicted molar refractivity (Wildman–Crippen MR) is 123 cm³/mol. The van der Waals surface area contributed by atoms with Gasteiger partial charge >= 0.3 is 0 Å². The zero-order chi connectivity index (χ0) is 21.8. The highest BCUT2D eigenvalue weighted by Crippen LogP contribution is 2.42. The van der Waals surface area contributed by atoms with Gasteiger partial charge in [0.25, 0.3) is 0 Å². The maximum Gasteiger partial charge on any atom is 0.238 e. The van der Waals surface area contributed by atoms with Gasteiger partial charge in [0.05, 0.1) is 33.9 Å². The van der Waals surface area contributed by atoms with Crippen LogP contribution in [0.3, 0.4) is 0 Å². The van der Waals surface area contributed by atoms with Gasteiger partial charge in [0.15, 0.2) is 11.5 Å². The molecule has 7 heteroatoms. The van der Waals surface area contributed by atoms with Crippen LogP contribution in [0.1, 0.15) is 22.0 Å². The summed E-state index contributed by atoms with van der Waals surface area (Å²) >= 11 is 1.70. The molecule has 1 aromatic heterocycles. The minimum absolute atomic E-state index is 0.00910. The fourth-order valence-corrected chi connectivity index (χ4v) is 4.88. The van der Waals surface area contributed by atoms with Crippen LogP contribution in [0, 0.1) is 0 Å². The molecule has 1 atom stereocenters. The SMILES string of the molecule is COc1ccc(NC(=O)CN2CCc3cc(OC)c(OC)cc3[C@@H]2c2cccs2)cc1. The molecule has 0 spiro atoms. The topological polar surface area (TPSA) is 60.0 Å². The third-order valence-electron chi connectivity index (χ3n) is 5.51. The molecule has 6 nitrogen and oxygen atoms in total. The lowest BCUT2D eigenvalue weighted by atomic mass is 9.91. The van der Waals surface area contributed by atoms with Gasteiger partial charge in [0.1, 0.15) is 5.75 Å². The van der Waals surface area contributed by atoms with E-state index in [1.54, 1.807) is 32.7 Å². The molecule has 0 aliphatic carbocycles. The van der Waals surface area contributed by atoms with Crippen molar-refractivity contribution in [2.45, 2.75) is 12.5 Å². The zero-order valence-corrected chi connectivity index (χ0v) is 18.7. The van der Waals surface area contributed by atoms with Crippen molar-refractivity contribution in [3.05, 3.63) is 69.9 Å². The average molecular weight is 439 g/mol. The first kappa shape index (κ1) is 21.2. The Morgan fingerprint density at radius 1 is 1.06 bits per heavy atom. The molecule has 2 heterocycles. The summed E-state index contributed by atoms with van der Waals surface area (Å²) in [7, 11) is 4.92. The van der Waals surface area contributed by atoms with Crippen LogP contribution in [-0.2, 0) is 11.2 Å². The van der Waals surface area contributed by atoms with E-state index in [9.17, 15) is 4.79 Å². The van der Waals surface area contributed by atoms with Crippen LogP contribution in [0.25, 0.3) is 0 Å². The van der Waals surface area contributed by atoms with E-state index in [1.807, 2.05) is 36.4 Å². The number of nitrogens with zero attached hydrogens (tertiary/aromatic N) is 1. The lowest BCUT2D eigenvalue weighted by Gasteiger charge is -2.37. The van der Waals surface area contributed by atoms with Crippen LogP contribution in [0.15, 0.2) is 53.9 Å². The van der Waals surface area contributed by atoms with E-state index in [-0.39, 0.29) is 11.9 Å². The normalized spacial score (nSPS) is 15.8. The summed E-state index contributed by atoms with van der Waals surface area (Å²) in [6.07, 6.45) is 0.841. The minimum atomic E-state index is -0.0457. The third kappa shape index (κ3) is 4.52. The number of amides is 1. The second-order valence-corrected chi connectivity index (χ2v) is 8.30. The molecule has 162 valence electrons. The summed E-state index contributed by atoms with van der Waals surface area (Å²) in [5, 5.41) is 5.06. The Kier molecular flexibility index (Phi) is 6.44. The van der Waals surface area contributed by atoms with Gasteiger partial charge in [-0.05, 0) is 65.4 Å². The number of thiophene rings is 1. The minimum Gasteiger partial charge on any atom is -0.497 e. The van der Waals surface area contributed by atoms with Crippen LogP contribution in [0.2, 0.25) is 0 Å². The molecule has 31 heavy (non-hydrogen) atoms. The summed E-state index contributed by atoms with van der Waals surface area (Å²) in [6.45, 7) is 1.07. The van der Waals surface area contributed by atoms with Crippen LogP contribution in [0.5, 0.6) is 17.2 Å². The zero-order valence-electron chi connectivity index (χ0n) is 17.9. The summed E-state index contributed by atoms with van der Waals surface area (Å²) in [6, 6.07) is 15.6. The molecule has 0 unspecified atom stereocenters. The molecule has 3 aromatic rings. The van der Waals surface area contributed by atoms with Gasteiger partial charge in [-0.15, -0.1) is 11.3 Å². The van der Waals surface area contributed by atoms with Gasteiger partial charge in [0, 0.05) is 17.1 Å². The molecule has 1 aliphatic heterocycles. The Morgan fingerprint density at radius 2 is 1.81 bits per heavy atom. The smallest absolute Gasteiger partial charge is 0.238 e. The number of methoxy groups -OCH3 is 3. The van der Waals surface area contributed by atoms with Crippen molar-refractivity contribution >= 4 is 22.9 Å². The number of rotatable bonds is 7. The number of hydrogen-bond acceptors (Lipinski definition) is 6. The van der Waals surface area contributed by atoms with E-state index in [0.717, 1.165) is 35.7 Å². The fraction of sp³-hybridized carbons (Fsp3) is 0.292.